The molecule has 4 rings (SSSR count). The van der Waals surface area contributed by atoms with Crippen molar-refractivity contribution in [3.05, 3.63) is 120 Å². The standard InChI is InChI=1S/C26H22O2/c1-4-11-21(12-5-1)25-18-10-13-22(19-27-23-14-6-2-7-15-23)26(25)20-28-24-16-8-3-9-17-24/h1-18H,19-20H2. The van der Waals surface area contributed by atoms with E-state index in [1.807, 2.05) is 66.7 Å². The normalized spacial score (nSPS) is 10.4. The summed E-state index contributed by atoms with van der Waals surface area (Å²) >= 11 is 0. The zero-order valence-electron chi connectivity index (χ0n) is 15.6. The van der Waals surface area contributed by atoms with E-state index in [2.05, 4.69) is 42.5 Å². The summed E-state index contributed by atoms with van der Waals surface area (Å²) in [4.78, 5) is 0. The van der Waals surface area contributed by atoms with Crippen LogP contribution in [0.3, 0.4) is 0 Å². The molecule has 0 saturated heterocycles. The lowest BCUT2D eigenvalue weighted by molar-refractivity contribution is 0.286. The number of hydrogen-bond donors (Lipinski definition) is 0. The first kappa shape index (κ1) is 17.9. The molecule has 0 atom stereocenters. The van der Waals surface area contributed by atoms with Gasteiger partial charge in [0.1, 0.15) is 24.7 Å². The Kier molecular flexibility index (Phi) is 5.69. The van der Waals surface area contributed by atoms with Crippen molar-refractivity contribution in [2.45, 2.75) is 13.2 Å². The van der Waals surface area contributed by atoms with Gasteiger partial charge in [-0.05, 0) is 41.0 Å². The van der Waals surface area contributed by atoms with Crippen LogP contribution in [0.15, 0.2) is 109 Å². The molecule has 4 aromatic rings. The topological polar surface area (TPSA) is 18.5 Å². The van der Waals surface area contributed by atoms with Gasteiger partial charge >= 0.3 is 0 Å². The van der Waals surface area contributed by atoms with Crippen LogP contribution in [0.1, 0.15) is 11.1 Å². The molecule has 2 nitrogen and oxygen atoms in total. The van der Waals surface area contributed by atoms with Crippen molar-refractivity contribution in [1.82, 2.24) is 0 Å². The molecule has 0 N–H and O–H groups in total. The summed E-state index contributed by atoms with van der Waals surface area (Å²) in [6.45, 7) is 0.987. The molecule has 0 aliphatic rings. The molecule has 0 amide bonds. The molecule has 0 bridgehead atoms. The maximum atomic E-state index is 6.09. The summed E-state index contributed by atoms with van der Waals surface area (Å²) in [5.74, 6) is 1.72. The highest BCUT2D eigenvalue weighted by Gasteiger charge is 2.12. The molecule has 138 valence electrons. The van der Waals surface area contributed by atoms with Gasteiger partial charge in [0.2, 0.25) is 0 Å². The molecule has 0 aliphatic heterocycles. The van der Waals surface area contributed by atoms with Crippen molar-refractivity contribution in [2.24, 2.45) is 0 Å². The maximum Gasteiger partial charge on any atom is 0.119 e. The van der Waals surface area contributed by atoms with Crippen molar-refractivity contribution >= 4 is 0 Å². The number of rotatable bonds is 7. The third-order valence-corrected chi connectivity index (χ3v) is 4.62. The second-order valence-electron chi connectivity index (χ2n) is 6.51. The van der Waals surface area contributed by atoms with Gasteiger partial charge < -0.3 is 9.47 Å². The van der Waals surface area contributed by atoms with Crippen molar-refractivity contribution in [2.75, 3.05) is 0 Å². The fourth-order valence-electron chi connectivity index (χ4n) is 3.18. The lowest BCUT2D eigenvalue weighted by atomic mass is 9.96. The Hall–Kier alpha value is -3.52. The van der Waals surface area contributed by atoms with Gasteiger partial charge in [0, 0.05) is 5.56 Å². The van der Waals surface area contributed by atoms with E-state index in [0.717, 1.165) is 22.6 Å². The number of hydrogen-bond acceptors (Lipinski definition) is 2. The van der Waals surface area contributed by atoms with Crippen LogP contribution in [0.2, 0.25) is 0 Å². The first-order valence-electron chi connectivity index (χ1n) is 9.42. The highest BCUT2D eigenvalue weighted by Crippen LogP contribution is 2.28. The van der Waals surface area contributed by atoms with Crippen molar-refractivity contribution < 1.29 is 9.47 Å². The fourth-order valence-corrected chi connectivity index (χ4v) is 3.18. The molecule has 2 heteroatoms. The summed E-state index contributed by atoms with van der Waals surface area (Å²) in [7, 11) is 0. The van der Waals surface area contributed by atoms with Gasteiger partial charge in [-0.25, -0.2) is 0 Å². The maximum absolute atomic E-state index is 6.09. The zero-order chi connectivity index (χ0) is 19.0. The second kappa shape index (κ2) is 8.92. The monoisotopic (exact) mass is 366 g/mol. The Labute approximate surface area is 166 Å². The lowest BCUT2D eigenvalue weighted by Gasteiger charge is -2.17. The van der Waals surface area contributed by atoms with Crippen molar-refractivity contribution in [1.29, 1.82) is 0 Å². The zero-order valence-corrected chi connectivity index (χ0v) is 15.6. The molecule has 0 aliphatic carbocycles. The van der Waals surface area contributed by atoms with Crippen LogP contribution in [0.5, 0.6) is 11.5 Å². The third-order valence-electron chi connectivity index (χ3n) is 4.62. The molecule has 0 unspecified atom stereocenters. The predicted octanol–water partition coefficient (Wildman–Crippen LogP) is 6.51. The van der Waals surface area contributed by atoms with Crippen LogP contribution < -0.4 is 9.47 Å². The largest absolute Gasteiger partial charge is 0.489 e. The minimum Gasteiger partial charge on any atom is -0.489 e. The van der Waals surface area contributed by atoms with E-state index in [-0.39, 0.29) is 0 Å². The van der Waals surface area contributed by atoms with Crippen molar-refractivity contribution in [3.63, 3.8) is 0 Å². The van der Waals surface area contributed by atoms with E-state index in [0.29, 0.717) is 13.2 Å². The smallest absolute Gasteiger partial charge is 0.119 e. The summed E-state index contributed by atoms with van der Waals surface area (Å²) in [6.07, 6.45) is 0. The van der Waals surface area contributed by atoms with E-state index in [1.54, 1.807) is 0 Å². The highest BCUT2D eigenvalue weighted by molar-refractivity contribution is 5.68. The van der Waals surface area contributed by atoms with Gasteiger partial charge in [-0.1, -0.05) is 84.9 Å². The lowest BCUT2D eigenvalue weighted by Crippen LogP contribution is -2.06. The summed E-state index contributed by atoms with van der Waals surface area (Å²) in [6, 6.07) is 36.6. The number of para-hydroxylation sites is 2. The average Bonchev–Trinajstić information content (AvgIpc) is 2.78. The van der Waals surface area contributed by atoms with Crippen molar-refractivity contribution in [3.8, 4) is 22.6 Å². The molecule has 28 heavy (non-hydrogen) atoms. The van der Waals surface area contributed by atoms with Crippen LogP contribution in [-0.4, -0.2) is 0 Å². The average molecular weight is 366 g/mol. The molecule has 0 aromatic heterocycles. The summed E-state index contributed by atoms with van der Waals surface area (Å²) in [5, 5.41) is 0. The minimum absolute atomic E-state index is 0.489. The van der Waals surface area contributed by atoms with Gasteiger partial charge in [0.05, 0.1) is 0 Å². The second-order valence-corrected chi connectivity index (χ2v) is 6.51. The Morgan fingerprint density at radius 3 is 1.61 bits per heavy atom. The first-order valence-corrected chi connectivity index (χ1v) is 9.42. The molecular weight excluding hydrogens is 344 g/mol. The van der Waals surface area contributed by atoms with Gasteiger partial charge in [-0.15, -0.1) is 0 Å². The van der Waals surface area contributed by atoms with E-state index in [1.165, 1.54) is 11.1 Å². The van der Waals surface area contributed by atoms with E-state index >= 15 is 0 Å². The quantitative estimate of drug-likeness (QED) is 0.371. The highest BCUT2D eigenvalue weighted by atomic mass is 16.5. The van der Waals surface area contributed by atoms with Crippen LogP contribution in [0.25, 0.3) is 11.1 Å². The van der Waals surface area contributed by atoms with E-state index in [4.69, 9.17) is 9.47 Å². The first-order chi connectivity index (χ1) is 13.9. The predicted molar refractivity (Wildman–Crippen MR) is 113 cm³/mol. The number of benzene rings is 4. The Bertz CT molecular complexity index is 996. The van der Waals surface area contributed by atoms with Crippen LogP contribution in [-0.2, 0) is 13.2 Å². The molecule has 0 radical (unpaired) electrons. The summed E-state index contributed by atoms with van der Waals surface area (Å²) < 4.78 is 12.1. The van der Waals surface area contributed by atoms with Crippen LogP contribution in [0.4, 0.5) is 0 Å². The Morgan fingerprint density at radius 1 is 0.464 bits per heavy atom. The van der Waals surface area contributed by atoms with Gasteiger partial charge in [0.25, 0.3) is 0 Å². The fraction of sp³-hybridized carbons (Fsp3) is 0.0769. The van der Waals surface area contributed by atoms with Gasteiger partial charge in [-0.3, -0.25) is 0 Å². The molecular formula is C26H22O2. The van der Waals surface area contributed by atoms with E-state index < -0.39 is 0 Å². The van der Waals surface area contributed by atoms with Crippen LogP contribution in [0, 0.1) is 0 Å². The van der Waals surface area contributed by atoms with Gasteiger partial charge in [0.15, 0.2) is 0 Å². The molecule has 4 aromatic carbocycles. The molecule has 0 heterocycles. The Balaban J connectivity index is 1.64. The Morgan fingerprint density at radius 2 is 1.00 bits per heavy atom. The summed E-state index contributed by atoms with van der Waals surface area (Å²) in [5.41, 5.74) is 4.62. The minimum atomic E-state index is 0.489. The SMILES string of the molecule is c1ccc(OCc2cccc(-c3ccccc3)c2COc2ccccc2)cc1. The molecule has 0 saturated carbocycles. The molecule has 0 fully saturated rings. The van der Waals surface area contributed by atoms with E-state index in [9.17, 15) is 0 Å². The van der Waals surface area contributed by atoms with Crippen LogP contribution >= 0.6 is 0 Å². The molecule has 0 spiro atoms. The third kappa shape index (κ3) is 4.41. The van der Waals surface area contributed by atoms with Gasteiger partial charge in [-0.2, -0.15) is 0 Å². The number of ether oxygens (including phenoxy) is 2.